The van der Waals surface area contributed by atoms with Gasteiger partial charge in [-0.1, -0.05) is 41.9 Å². The third-order valence-corrected chi connectivity index (χ3v) is 5.17. The van der Waals surface area contributed by atoms with Crippen molar-refractivity contribution in [3.8, 4) is 0 Å². The molecule has 0 amide bonds. The number of hydrogen-bond donors (Lipinski definition) is 2. The lowest BCUT2D eigenvalue weighted by Crippen LogP contribution is -2.43. The van der Waals surface area contributed by atoms with Gasteiger partial charge in [-0.05, 0) is 49.7 Å². The number of aliphatic carboxylic acids is 2. The number of anilines is 1. The Hall–Kier alpha value is -2.83. The molecule has 0 aromatic heterocycles. The van der Waals surface area contributed by atoms with E-state index in [-0.39, 0.29) is 0 Å². The number of nitrogens with zero attached hydrogens (tertiary/aromatic N) is 2. The van der Waals surface area contributed by atoms with Crippen molar-refractivity contribution in [2.45, 2.75) is 25.4 Å². The van der Waals surface area contributed by atoms with Crippen LogP contribution < -0.4 is 4.90 Å². The van der Waals surface area contributed by atoms with Gasteiger partial charge in [-0.2, -0.15) is 0 Å². The Labute approximate surface area is 182 Å². The van der Waals surface area contributed by atoms with E-state index in [9.17, 15) is 9.59 Å². The molecule has 1 fully saturated rings. The molecule has 3 rings (SSSR count). The summed E-state index contributed by atoms with van der Waals surface area (Å²) in [6.07, 6.45) is 3.54. The molecule has 7 heteroatoms. The molecule has 0 aliphatic carbocycles. The predicted octanol–water partition coefficient (Wildman–Crippen LogP) is 4.15. The Morgan fingerprint density at radius 2 is 1.53 bits per heavy atom. The molecule has 1 saturated heterocycles. The van der Waals surface area contributed by atoms with Gasteiger partial charge in [-0.3, -0.25) is 4.90 Å². The fourth-order valence-electron chi connectivity index (χ4n) is 3.36. The van der Waals surface area contributed by atoms with Crippen LogP contribution in [0.5, 0.6) is 0 Å². The largest absolute Gasteiger partial charge is 0.478 e. The number of hydrogen-bond acceptors (Lipinski definition) is 4. The van der Waals surface area contributed by atoms with E-state index in [0.717, 1.165) is 24.7 Å². The molecule has 2 aromatic rings. The summed E-state index contributed by atoms with van der Waals surface area (Å²) in [5.74, 6) is -2.51. The van der Waals surface area contributed by atoms with Crippen LogP contribution in [0.15, 0.2) is 66.7 Å². The maximum atomic E-state index is 9.55. The highest BCUT2D eigenvalue weighted by Gasteiger charge is 2.22. The monoisotopic (exact) mass is 430 g/mol. The summed E-state index contributed by atoms with van der Waals surface area (Å²) in [5.41, 5.74) is 2.68. The fraction of sp³-hybridized carbons (Fsp3) is 0.304. The summed E-state index contributed by atoms with van der Waals surface area (Å²) in [5, 5.41) is 16.4. The number of piperidine rings is 1. The van der Waals surface area contributed by atoms with Crippen LogP contribution in [0.4, 0.5) is 5.69 Å². The minimum absolute atomic E-state index is 0.558. The van der Waals surface area contributed by atoms with Crippen LogP contribution in [-0.4, -0.2) is 53.2 Å². The second-order valence-corrected chi connectivity index (χ2v) is 7.54. The quantitative estimate of drug-likeness (QED) is 0.670. The lowest BCUT2D eigenvalue weighted by atomic mass is 10.0. The summed E-state index contributed by atoms with van der Waals surface area (Å²) in [7, 11) is 2.25. The zero-order valence-corrected chi connectivity index (χ0v) is 17.7. The maximum absolute atomic E-state index is 9.55. The molecule has 1 aliphatic rings. The summed E-state index contributed by atoms with van der Waals surface area (Å²) < 4.78 is 0. The van der Waals surface area contributed by atoms with Gasteiger partial charge in [0.1, 0.15) is 0 Å². The van der Waals surface area contributed by atoms with E-state index in [4.69, 9.17) is 21.8 Å². The first-order chi connectivity index (χ1) is 14.3. The Morgan fingerprint density at radius 1 is 1.00 bits per heavy atom. The number of carboxylic acid groups (broad SMARTS) is 2. The standard InChI is InChI=1S/C19H23ClN2.C4H4O4/c1-21(15-16-5-3-2-4-6-16)18-11-13-22(14-12-18)19-9-7-17(20)8-10-19;5-3(6)1-2-4(7)8/h2-10,18H,11-15H2,1H3;1-2H,(H,5,6)(H,7,8). The van der Waals surface area contributed by atoms with E-state index in [1.54, 1.807) is 0 Å². The minimum Gasteiger partial charge on any atom is -0.478 e. The molecule has 2 aromatic carbocycles. The highest BCUT2D eigenvalue weighted by molar-refractivity contribution is 6.30. The fourth-order valence-corrected chi connectivity index (χ4v) is 3.49. The Bertz CT molecular complexity index is 816. The molecule has 0 bridgehead atoms. The molecule has 0 unspecified atom stereocenters. The van der Waals surface area contributed by atoms with Gasteiger partial charge in [0.05, 0.1) is 0 Å². The molecule has 160 valence electrons. The van der Waals surface area contributed by atoms with E-state index >= 15 is 0 Å². The molecule has 1 aliphatic heterocycles. The Morgan fingerprint density at radius 3 is 2.03 bits per heavy atom. The lowest BCUT2D eigenvalue weighted by molar-refractivity contribution is -0.134. The van der Waals surface area contributed by atoms with E-state index in [0.29, 0.717) is 18.2 Å². The number of carbonyl (C=O) groups is 2. The van der Waals surface area contributed by atoms with Gasteiger partial charge in [-0.15, -0.1) is 0 Å². The zero-order chi connectivity index (χ0) is 21.9. The number of rotatable bonds is 6. The molecular weight excluding hydrogens is 404 g/mol. The topological polar surface area (TPSA) is 81.1 Å². The van der Waals surface area contributed by atoms with Crippen LogP contribution in [0.1, 0.15) is 18.4 Å². The second kappa shape index (κ2) is 12.0. The molecule has 30 heavy (non-hydrogen) atoms. The van der Waals surface area contributed by atoms with E-state index < -0.39 is 11.9 Å². The smallest absolute Gasteiger partial charge is 0.328 e. The van der Waals surface area contributed by atoms with E-state index in [1.807, 2.05) is 12.1 Å². The molecule has 0 radical (unpaired) electrons. The number of carboxylic acids is 2. The molecule has 6 nitrogen and oxygen atoms in total. The average molecular weight is 431 g/mol. The van der Waals surface area contributed by atoms with Gasteiger partial charge < -0.3 is 15.1 Å². The number of benzene rings is 2. The third-order valence-electron chi connectivity index (χ3n) is 4.92. The normalized spacial score (nSPS) is 14.4. The van der Waals surface area contributed by atoms with Gasteiger partial charge in [-0.25, -0.2) is 9.59 Å². The lowest BCUT2D eigenvalue weighted by Gasteiger charge is -2.38. The maximum Gasteiger partial charge on any atom is 0.328 e. The summed E-state index contributed by atoms with van der Waals surface area (Å²) in [6.45, 7) is 3.27. The first-order valence-corrected chi connectivity index (χ1v) is 10.1. The Kier molecular flexibility index (Phi) is 9.38. The van der Waals surface area contributed by atoms with Crippen molar-refractivity contribution in [2.24, 2.45) is 0 Å². The highest BCUT2D eigenvalue weighted by Crippen LogP contribution is 2.24. The van der Waals surface area contributed by atoms with Gasteiger partial charge in [0, 0.05) is 48.5 Å². The summed E-state index contributed by atoms with van der Waals surface area (Å²) in [4.78, 5) is 24.1. The first kappa shape index (κ1) is 23.4. The predicted molar refractivity (Wildman–Crippen MR) is 119 cm³/mol. The van der Waals surface area contributed by atoms with Crippen LogP contribution in [0.3, 0.4) is 0 Å². The van der Waals surface area contributed by atoms with Crippen molar-refractivity contribution in [3.63, 3.8) is 0 Å². The van der Waals surface area contributed by atoms with Crippen molar-refractivity contribution in [3.05, 3.63) is 77.3 Å². The molecule has 1 heterocycles. The average Bonchev–Trinajstić information content (AvgIpc) is 2.74. The highest BCUT2D eigenvalue weighted by atomic mass is 35.5. The summed E-state index contributed by atoms with van der Waals surface area (Å²) >= 11 is 5.97. The Balaban J connectivity index is 0.000000343. The van der Waals surface area contributed by atoms with Gasteiger partial charge in [0.15, 0.2) is 0 Å². The zero-order valence-electron chi connectivity index (χ0n) is 16.9. The van der Waals surface area contributed by atoms with Gasteiger partial charge in [0.25, 0.3) is 0 Å². The third kappa shape index (κ3) is 8.27. The molecule has 0 spiro atoms. The SMILES string of the molecule is CN(Cc1ccccc1)C1CCN(c2ccc(Cl)cc2)CC1.O=C(O)C=CC(=O)O. The molecular formula is C23H27ClN2O4. The molecule has 0 saturated carbocycles. The number of halogens is 1. The second-order valence-electron chi connectivity index (χ2n) is 7.11. The van der Waals surface area contributed by atoms with Crippen molar-refractivity contribution in [1.82, 2.24) is 4.90 Å². The van der Waals surface area contributed by atoms with Crippen molar-refractivity contribution in [1.29, 1.82) is 0 Å². The van der Waals surface area contributed by atoms with Crippen LogP contribution >= 0.6 is 11.6 Å². The van der Waals surface area contributed by atoms with Crippen LogP contribution in [0.25, 0.3) is 0 Å². The van der Waals surface area contributed by atoms with Crippen LogP contribution in [0.2, 0.25) is 5.02 Å². The van der Waals surface area contributed by atoms with Crippen LogP contribution in [-0.2, 0) is 16.1 Å². The van der Waals surface area contributed by atoms with Crippen molar-refractivity contribution >= 4 is 29.2 Å². The molecule has 2 N–H and O–H groups in total. The van der Waals surface area contributed by atoms with Crippen molar-refractivity contribution in [2.75, 3.05) is 25.0 Å². The minimum atomic E-state index is -1.26. The van der Waals surface area contributed by atoms with E-state index in [2.05, 4.69) is 59.3 Å². The van der Waals surface area contributed by atoms with Gasteiger partial charge in [0.2, 0.25) is 0 Å². The van der Waals surface area contributed by atoms with Crippen molar-refractivity contribution < 1.29 is 19.8 Å². The first-order valence-electron chi connectivity index (χ1n) is 9.73. The van der Waals surface area contributed by atoms with Crippen LogP contribution in [0, 0.1) is 0 Å². The van der Waals surface area contributed by atoms with Gasteiger partial charge >= 0.3 is 11.9 Å². The summed E-state index contributed by atoms with van der Waals surface area (Å²) in [6, 6.07) is 19.6. The van der Waals surface area contributed by atoms with E-state index in [1.165, 1.54) is 24.1 Å². The molecule has 0 atom stereocenters.